The molecule has 0 unspecified atom stereocenters. The topological polar surface area (TPSA) is 109 Å². The van der Waals surface area contributed by atoms with Crippen LogP contribution in [0.4, 0.5) is 0 Å². The summed E-state index contributed by atoms with van der Waals surface area (Å²) in [5.41, 5.74) is 0.403. The number of carbonyl (C=O) groups is 2. The lowest BCUT2D eigenvalue weighted by atomic mass is 9.73. The number of aromatic nitrogens is 1. The molecule has 0 radical (unpaired) electrons. The largest absolute Gasteiger partial charge is 0.458 e. The maximum absolute atomic E-state index is 13.2. The van der Waals surface area contributed by atoms with Gasteiger partial charge in [0.1, 0.15) is 16.9 Å². The van der Waals surface area contributed by atoms with Gasteiger partial charge in [0, 0.05) is 17.7 Å². The molecule has 0 amide bonds. The first-order valence-corrected chi connectivity index (χ1v) is 13.3. The van der Waals surface area contributed by atoms with Crippen molar-refractivity contribution in [1.29, 1.82) is 0 Å². The van der Waals surface area contributed by atoms with E-state index in [1.54, 1.807) is 26.8 Å². The summed E-state index contributed by atoms with van der Waals surface area (Å²) in [4.78, 5) is 30.5. The SMILES string of the molecule is C=Cc1nc(/C=C(\C)[C@@H]2C[C@@H]3O[C@H]3CCC[C@@H](C)[C@H](O)[C@@H](C)C(=O)C(C)(C)[C@@H](O)CC(=O)O2)cs1. The molecule has 7 atom stereocenters. The third kappa shape index (κ3) is 6.88. The number of cyclic esters (lactones) is 1. The quantitative estimate of drug-likeness (QED) is 0.462. The fraction of sp³-hybridized carbons (Fsp3) is 0.667. The monoisotopic (exact) mass is 505 g/mol. The fourth-order valence-electron chi connectivity index (χ4n) is 4.80. The van der Waals surface area contributed by atoms with E-state index in [1.165, 1.54) is 11.3 Å². The Morgan fingerprint density at radius 3 is 2.60 bits per heavy atom. The van der Waals surface area contributed by atoms with Crippen molar-refractivity contribution in [1.82, 2.24) is 4.98 Å². The number of aliphatic hydroxyl groups excluding tert-OH is 2. The van der Waals surface area contributed by atoms with Gasteiger partial charge in [0.05, 0.1) is 41.9 Å². The van der Waals surface area contributed by atoms with Gasteiger partial charge >= 0.3 is 5.97 Å². The Morgan fingerprint density at radius 1 is 1.23 bits per heavy atom. The van der Waals surface area contributed by atoms with E-state index < -0.39 is 35.6 Å². The predicted octanol–water partition coefficient (Wildman–Crippen LogP) is 4.42. The molecule has 1 aromatic rings. The molecule has 194 valence electrons. The predicted molar refractivity (Wildman–Crippen MR) is 137 cm³/mol. The Kier molecular flexibility index (Phi) is 9.07. The van der Waals surface area contributed by atoms with Gasteiger partial charge in [-0.15, -0.1) is 11.3 Å². The van der Waals surface area contributed by atoms with Crippen LogP contribution in [0.5, 0.6) is 0 Å². The average molecular weight is 506 g/mol. The van der Waals surface area contributed by atoms with Crippen LogP contribution in [0.15, 0.2) is 17.5 Å². The summed E-state index contributed by atoms with van der Waals surface area (Å²) < 4.78 is 11.7. The highest BCUT2D eigenvalue weighted by molar-refractivity contribution is 7.10. The lowest BCUT2D eigenvalue weighted by Crippen LogP contribution is -2.45. The van der Waals surface area contributed by atoms with Crippen LogP contribution in [0, 0.1) is 17.3 Å². The Morgan fingerprint density at radius 2 is 1.94 bits per heavy atom. The number of nitrogens with zero attached hydrogens (tertiary/aromatic N) is 1. The number of Topliss-reactive ketones (excluding diaryl/α,β-unsaturated/α-hetero) is 1. The standard InChI is InChI=1S/C27H39NO6S/c1-7-23-28-18(14-35-23)11-16(3)20-12-21-19(33-21)10-8-9-15(2)25(31)17(4)26(32)27(5,6)22(29)13-24(30)34-20/h7,11,14-15,17,19-22,25,29,31H,1,8-10,12-13H2,2-6H3/b16-11+/t15-,17-,19+,20+,21+,22+,25+/m1/s1. The molecule has 1 aromatic heterocycles. The maximum Gasteiger partial charge on any atom is 0.309 e. The molecule has 8 heteroatoms. The van der Waals surface area contributed by atoms with Crippen molar-refractivity contribution in [2.75, 3.05) is 0 Å². The van der Waals surface area contributed by atoms with Gasteiger partial charge in [-0.25, -0.2) is 4.98 Å². The number of epoxide rings is 1. The zero-order valence-corrected chi connectivity index (χ0v) is 22.2. The number of fused-ring (bicyclic) bond motifs is 1. The van der Waals surface area contributed by atoms with Gasteiger partial charge in [0.2, 0.25) is 0 Å². The van der Waals surface area contributed by atoms with E-state index in [-0.39, 0.29) is 30.3 Å². The molecule has 2 aliphatic rings. The van der Waals surface area contributed by atoms with E-state index in [0.29, 0.717) is 6.42 Å². The molecular formula is C27H39NO6S. The summed E-state index contributed by atoms with van der Waals surface area (Å²) >= 11 is 1.49. The third-order valence-corrected chi connectivity index (χ3v) is 8.35. The van der Waals surface area contributed by atoms with Gasteiger partial charge in [-0.05, 0) is 43.4 Å². The number of carbonyl (C=O) groups excluding carboxylic acids is 2. The molecule has 0 spiro atoms. The van der Waals surface area contributed by atoms with Crippen molar-refractivity contribution < 1.29 is 29.3 Å². The van der Waals surface area contributed by atoms with Gasteiger partial charge in [-0.1, -0.05) is 40.7 Å². The number of rotatable bonds is 3. The Bertz CT molecular complexity index is 953. The second kappa shape index (κ2) is 11.5. The van der Waals surface area contributed by atoms with Gasteiger partial charge < -0.3 is 19.7 Å². The average Bonchev–Trinajstić information content (AvgIpc) is 3.38. The zero-order chi connectivity index (χ0) is 25.9. The van der Waals surface area contributed by atoms with Gasteiger partial charge in [-0.3, -0.25) is 9.59 Å². The van der Waals surface area contributed by atoms with Crippen molar-refractivity contribution in [3.8, 4) is 0 Å². The number of aliphatic hydroxyl groups is 2. The molecule has 0 aromatic carbocycles. The number of ether oxygens (including phenoxy) is 2. The second-order valence-corrected chi connectivity index (χ2v) is 11.5. The first-order valence-electron chi connectivity index (χ1n) is 12.5. The molecule has 2 aliphatic heterocycles. The number of esters is 1. The zero-order valence-electron chi connectivity index (χ0n) is 21.4. The lowest BCUT2D eigenvalue weighted by molar-refractivity contribution is -0.154. The Balaban J connectivity index is 1.82. The smallest absolute Gasteiger partial charge is 0.309 e. The molecule has 2 fully saturated rings. The number of ketones is 1. The van der Waals surface area contributed by atoms with E-state index in [0.717, 1.165) is 35.5 Å². The number of thiazole rings is 1. The van der Waals surface area contributed by atoms with Crippen molar-refractivity contribution >= 4 is 35.2 Å². The summed E-state index contributed by atoms with van der Waals surface area (Å²) in [5, 5.41) is 24.3. The summed E-state index contributed by atoms with van der Waals surface area (Å²) in [7, 11) is 0. The van der Waals surface area contributed by atoms with Crippen LogP contribution < -0.4 is 0 Å². The lowest BCUT2D eigenvalue weighted by Gasteiger charge is -2.34. The third-order valence-electron chi connectivity index (χ3n) is 7.49. The van der Waals surface area contributed by atoms with E-state index in [1.807, 2.05) is 25.3 Å². The molecule has 0 saturated carbocycles. The van der Waals surface area contributed by atoms with Gasteiger partial charge in [0.25, 0.3) is 0 Å². The molecule has 0 bridgehead atoms. The molecule has 35 heavy (non-hydrogen) atoms. The molecule has 7 nitrogen and oxygen atoms in total. The fourth-order valence-corrected chi connectivity index (χ4v) is 5.41. The van der Waals surface area contributed by atoms with Gasteiger partial charge in [0.15, 0.2) is 0 Å². The molecule has 2 N–H and O–H groups in total. The van der Waals surface area contributed by atoms with Crippen LogP contribution in [0.1, 0.15) is 77.4 Å². The van der Waals surface area contributed by atoms with Crippen molar-refractivity contribution in [3.63, 3.8) is 0 Å². The summed E-state index contributed by atoms with van der Waals surface area (Å²) in [6.07, 6.45) is 3.81. The van der Waals surface area contributed by atoms with Crippen LogP contribution in [0.25, 0.3) is 12.2 Å². The first-order chi connectivity index (χ1) is 16.4. The highest BCUT2D eigenvalue weighted by atomic mass is 32.1. The van der Waals surface area contributed by atoms with E-state index >= 15 is 0 Å². The molecule has 3 heterocycles. The van der Waals surface area contributed by atoms with Crippen molar-refractivity contribution in [2.45, 2.75) is 97.2 Å². The van der Waals surface area contributed by atoms with E-state index in [4.69, 9.17) is 9.47 Å². The molecular weight excluding hydrogens is 466 g/mol. The molecule has 2 saturated heterocycles. The first kappa shape index (κ1) is 27.7. The minimum atomic E-state index is -1.23. The van der Waals surface area contributed by atoms with Gasteiger partial charge in [-0.2, -0.15) is 0 Å². The minimum absolute atomic E-state index is 0.00896. The molecule has 0 aliphatic carbocycles. The number of hydrogen-bond donors (Lipinski definition) is 2. The Hall–Kier alpha value is -1.87. The highest BCUT2D eigenvalue weighted by Gasteiger charge is 2.44. The summed E-state index contributed by atoms with van der Waals surface area (Å²) in [6.45, 7) is 12.5. The van der Waals surface area contributed by atoms with Crippen LogP contribution in [-0.2, 0) is 19.1 Å². The minimum Gasteiger partial charge on any atom is -0.458 e. The Labute approximate surface area is 212 Å². The number of hydrogen-bond acceptors (Lipinski definition) is 8. The van der Waals surface area contributed by atoms with E-state index in [9.17, 15) is 19.8 Å². The maximum atomic E-state index is 13.2. The van der Waals surface area contributed by atoms with Crippen molar-refractivity contribution in [2.24, 2.45) is 17.3 Å². The van der Waals surface area contributed by atoms with Crippen molar-refractivity contribution in [3.05, 3.63) is 28.2 Å². The summed E-state index contributed by atoms with van der Waals surface area (Å²) in [6, 6.07) is 0. The van der Waals surface area contributed by atoms with Crippen LogP contribution in [0.3, 0.4) is 0 Å². The summed E-state index contributed by atoms with van der Waals surface area (Å²) in [5.74, 6) is -1.55. The van der Waals surface area contributed by atoms with Crippen LogP contribution >= 0.6 is 11.3 Å². The van der Waals surface area contributed by atoms with Crippen LogP contribution in [-0.4, -0.2) is 57.5 Å². The van der Waals surface area contributed by atoms with E-state index in [2.05, 4.69) is 11.6 Å². The van der Waals surface area contributed by atoms with Crippen LogP contribution in [0.2, 0.25) is 0 Å². The molecule has 3 rings (SSSR count). The highest BCUT2D eigenvalue weighted by Crippen LogP contribution is 2.36. The second-order valence-electron chi connectivity index (χ2n) is 10.6. The normalized spacial score (nSPS) is 35.2.